The third kappa shape index (κ3) is 4.42. The summed E-state index contributed by atoms with van der Waals surface area (Å²) in [4.78, 5) is 15.4. The van der Waals surface area contributed by atoms with Gasteiger partial charge < -0.3 is 15.4 Å². The normalized spacial score (nSPS) is 41.6. The van der Waals surface area contributed by atoms with E-state index >= 15 is 0 Å². The van der Waals surface area contributed by atoms with Crippen LogP contribution in [0.3, 0.4) is 0 Å². The van der Waals surface area contributed by atoms with Crippen LogP contribution in [0.25, 0.3) is 0 Å². The van der Waals surface area contributed by atoms with Crippen molar-refractivity contribution < 1.29 is 9.53 Å². The summed E-state index contributed by atoms with van der Waals surface area (Å²) in [6.07, 6.45) is 9.87. The van der Waals surface area contributed by atoms with Crippen LogP contribution in [0.15, 0.2) is 0 Å². The number of nitrogens with zero attached hydrogens (tertiary/aromatic N) is 1. The molecule has 2 aliphatic carbocycles. The number of hydrogen-bond donors (Lipinski definition) is 2. The van der Waals surface area contributed by atoms with Crippen molar-refractivity contribution in [1.82, 2.24) is 15.5 Å². The summed E-state index contributed by atoms with van der Waals surface area (Å²) in [6, 6.07) is 0.995. The lowest BCUT2D eigenvalue weighted by Crippen LogP contribution is -2.49. The Hall–Kier alpha value is -0.650. The Morgan fingerprint density at radius 1 is 1.12 bits per heavy atom. The Kier molecular flexibility index (Phi) is 6.17. The molecule has 5 heteroatoms. The number of carbonyl (C=O) groups excluding carboxylic acids is 1. The highest BCUT2D eigenvalue weighted by molar-refractivity contribution is 5.82. The van der Waals surface area contributed by atoms with Gasteiger partial charge in [0, 0.05) is 31.7 Å². The van der Waals surface area contributed by atoms with E-state index in [9.17, 15) is 4.79 Å². The van der Waals surface area contributed by atoms with Crippen molar-refractivity contribution in [3.05, 3.63) is 0 Å². The van der Waals surface area contributed by atoms with Gasteiger partial charge in [0.25, 0.3) is 0 Å². The molecule has 2 aliphatic heterocycles. The number of morpholine rings is 1. The molecule has 0 radical (unpaired) electrons. The molecule has 5 nitrogen and oxygen atoms in total. The van der Waals surface area contributed by atoms with Crippen LogP contribution in [-0.2, 0) is 9.53 Å². The zero-order valence-corrected chi connectivity index (χ0v) is 16.4. The first kappa shape index (κ1) is 18.7. The summed E-state index contributed by atoms with van der Waals surface area (Å²) in [5.41, 5.74) is 0. The molecule has 2 saturated carbocycles. The second-order valence-corrected chi connectivity index (χ2v) is 9.30. The van der Waals surface area contributed by atoms with Crippen LogP contribution in [0.2, 0.25) is 0 Å². The molecule has 148 valence electrons. The fourth-order valence-electron chi connectivity index (χ4n) is 5.91. The number of carbonyl (C=O) groups is 1. The van der Waals surface area contributed by atoms with Crippen LogP contribution in [0.4, 0.5) is 0 Å². The lowest BCUT2D eigenvalue weighted by atomic mass is 9.78. The molecule has 0 bridgehead atoms. The minimum atomic E-state index is 0.0465. The highest BCUT2D eigenvalue weighted by atomic mass is 16.5. The second kappa shape index (κ2) is 8.57. The van der Waals surface area contributed by atoms with Gasteiger partial charge in [-0.3, -0.25) is 9.69 Å². The van der Waals surface area contributed by atoms with E-state index in [0.29, 0.717) is 12.1 Å². The van der Waals surface area contributed by atoms with Crippen LogP contribution >= 0.6 is 0 Å². The average Bonchev–Trinajstić information content (AvgIpc) is 3.09. The van der Waals surface area contributed by atoms with Gasteiger partial charge in [-0.05, 0) is 56.3 Å². The molecule has 2 saturated heterocycles. The lowest BCUT2D eigenvalue weighted by molar-refractivity contribution is -0.124. The fraction of sp³-hybridized carbons (Fsp3) is 0.952. The van der Waals surface area contributed by atoms with Gasteiger partial charge in [-0.15, -0.1) is 0 Å². The number of fused-ring (bicyclic) bond motifs is 1. The van der Waals surface area contributed by atoms with Gasteiger partial charge in [0.15, 0.2) is 0 Å². The SMILES string of the molecule is CC1CCCC2CC(C(=O)NC3CCCC(CN4CCOCC4)C3)NC12. The lowest BCUT2D eigenvalue weighted by Gasteiger charge is -2.35. The van der Waals surface area contributed by atoms with E-state index in [1.807, 2.05) is 0 Å². The Morgan fingerprint density at radius 2 is 1.92 bits per heavy atom. The van der Waals surface area contributed by atoms with Crippen molar-refractivity contribution in [3.63, 3.8) is 0 Å². The molecule has 6 atom stereocenters. The molecule has 1 amide bonds. The summed E-state index contributed by atoms with van der Waals surface area (Å²) < 4.78 is 5.46. The Balaban J connectivity index is 1.25. The van der Waals surface area contributed by atoms with Crippen LogP contribution in [0.1, 0.15) is 58.3 Å². The predicted octanol–water partition coefficient (Wildman–Crippen LogP) is 2.16. The number of hydrogen-bond acceptors (Lipinski definition) is 4. The molecule has 6 unspecified atom stereocenters. The zero-order chi connectivity index (χ0) is 17.9. The zero-order valence-electron chi connectivity index (χ0n) is 16.4. The molecular weight excluding hydrogens is 326 g/mol. The first-order valence-electron chi connectivity index (χ1n) is 11.1. The van der Waals surface area contributed by atoms with E-state index in [1.165, 1.54) is 38.6 Å². The fourth-order valence-corrected chi connectivity index (χ4v) is 5.91. The molecule has 2 N–H and O–H groups in total. The van der Waals surface area contributed by atoms with Crippen LogP contribution in [-0.4, -0.2) is 61.8 Å². The molecule has 0 spiro atoms. The van der Waals surface area contributed by atoms with Crippen LogP contribution in [0.5, 0.6) is 0 Å². The molecule has 4 fully saturated rings. The van der Waals surface area contributed by atoms with Gasteiger partial charge >= 0.3 is 0 Å². The topological polar surface area (TPSA) is 53.6 Å². The van der Waals surface area contributed by atoms with Crippen molar-refractivity contribution in [2.45, 2.75) is 76.4 Å². The molecule has 0 aromatic rings. The largest absolute Gasteiger partial charge is 0.379 e. The van der Waals surface area contributed by atoms with Gasteiger partial charge in [-0.25, -0.2) is 0 Å². The van der Waals surface area contributed by atoms with E-state index in [-0.39, 0.29) is 11.9 Å². The van der Waals surface area contributed by atoms with Crippen molar-refractivity contribution in [3.8, 4) is 0 Å². The first-order valence-corrected chi connectivity index (χ1v) is 11.1. The smallest absolute Gasteiger partial charge is 0.237 e. The molecular formula is C21H37N3O2. The van der Waals surface area contributed by atoms with Crippen molar-refractivity contribution in [1.29, 1.82) is 0 Å². The van der Waals surface area contributed by atoms with Crippen molar-refractivity contribution in [2.75, 3.05) is 32.8 Å². The minimum Gasteiger partial charge on any atom is -0.379 e. The Bertz CT molecular complexity index is 480. The molecule has 2 heterocycles. The minimum absolute atomic E-state index is 0.0465. The maximum Gasteiger partial charge on any atom is 0.237 e. The summed E-state index contributed by atoms with van der Waals surface area (Å²) in [5.74, 6) is 2.43. The maximum atomic E-state index is 12.9. The van der Waals surface area contributed by atoms with Gasteiger partial charge in [0.2, 0.25) is 5.91 Å². The molecule has 4 aliphatic rings. The van der Waals surface area contributed by atoms with Gasteiger partial charge in [0.1, 0.15) is 0 Å². The van der Waals surface area contributed by atoms with Crippen molar-refractivity contribution >= 4 is 5.91 Å². The summed E-state index contributed by atoms with van der Waals surface area (Å²) in [7, 11) is 0. The van der Waals surface area contributed by atoms with Crippen molar-refractivity contribution in [2.24, 2.45) is 17.8 Å². The number of rotatable bonds is 4. The molecule has 26 heavy (non-hydrogen) atoms. The summed E-state index contributed by atoms with van der Waals surface area (Å²) in [6.45, 7) is 7.42. The highest BCUT2D eigenvalue weighted by Gasteiger charge is 2.41. The number of amides is 1. The van der Waals surface area contributed by atoms with Gasteiger partial charge in [0.05, 0.1) is 19.3 Å². The number of nitrogens with one attached hydrogen (secondary N) is 2. The van der Waals surface area contributed by atoms with E-state index in [1.54, 1.807) is 0 Å². The van der Waals surface area contributed by atoms with Crippen LogP contribution < -0.4 is 10.6 Å². The average molecular weight is 364 g/mol. The predicted molar refractivity (Wildman–Crippen MR) is 103 cm³/mol. The van der Waals surface area contributed by atoms with E-state index in [0.717, 1.165) is 63.3 Å². The molecule has 0 aromatic heterocycles. The van der Waals surface area contributed by atoms with Gasteiger partial charge in [-0.1, -0.05) is 19.8 Å². The maximum absolute atomic E-state index is 12.9. The highest BCUT2D eigenvalue weighted by Crippen LogP contribution is 2.37. The summed E-state index contributed by atoms with van der Waals surface area (Å²) >= 11 is 0. The number of ether oxygens (including phenoxy) is 1. The van der Waals surface area contributed by atoms with Gasteiger partial charge in [-0.2, -0.15) is 0 Å². The quantitative estimate of drug-likeness (QED) is 0.804. The third-order valence-electron chi connectivity index (χ3n) is 7.35. The van der Waals surface area contributed by atoms with E-state index in [2.05, 4.69) is 22.5 Å². The second-order valence-electron chi connectivity index (χ2n) is 9.30. The monoisotopic (exact) mass is 363 g/mol. The molecule has 0 aromatic carbocycles. The van der Waals surface area contributed by atoms with E-state index in [4.69, 9.17) is 4.74 Å². The Labute approximate surface area is 158 Å². The molecule has 4 rings (SSSR count). The first-order chi connectivity index (χ1) is 12.7. The standard InChI is InChI=1S/C21H37N3O2/c1-15-4-2-6-17-13-19(23-20(15)17)21(25)22-18-7-3-5-16(12-18)14-24-8-10-26-11-9-24/h15-20,23H,2-14H2,1H3,(H,22,25). The van der Waals surface area contributed by atoms with Crippen LogP contribution in [0, 0.1) is 17.8 Å². The Morgan fingerprint density at radius 3 is 2.73 bits per heavy atom. The summed E-state index contributed by atoms with van der Waals surface area (Å²) in [5, 5.41) is 7.08. The third-order valence-corrected chi connectivity index (χ3v) is 7.35. The van der Waals surface area contributed by atoms with E-state index < -0.39 is 0 Å².